The summed E-state index contributed by atoms with van der Waals surface area (Å²) in [5.74, 6) is 5.55. The fourth-order valence-electron chi connectivity index (χ4n) is 1.84. The van der Waals surface area contributed by atoms with Crippen LogP contribution in [0.5, 0.6) is 0 Å². The molecule has 16 heavy (non-hydrogen) atoms. The van der Waals surface area contributed by atoms with Crippen molar-refractivity contribution in [2.75, 3.05) is 13.7 Å². The number of rotatable bonds is 7. The van der Waals surface area contributed by atoms with E-state index in [9.17, 15) is 0 Å². The van der Waals surface area contributed by atoms with Gasteiger partial charge in [0.15, 0.2) is 0 Å². The van der Waals surface area contributed by atoms with Gasteiger partial charge in [0.05, 0.1) is 0 Å². The summed E-state index contributed by atoms with van der Waals surface area (Å²) >= 11 is 0. The molecule has 0 saturated carbocycles. The van der Waals surface area contributed by atoms with Crippen LogP contribution in [-0.2, 0) is 11.2 Å². The van der Waals surface area contributed by atoms with Crippen molar-refractivity contribution < 1.29 is 4.74 Å². The zero-order valence-electron chi connectivity index (χ0n) is 10.2. The summed E-state index contributed by atoms with van der Waals surface area (Å²) in [6.45, 7) is 2.91. The molecule has 1 rings (SSSR count). The molecule has 0 aliphatic carbocycles. The van der Waals surface area contributed by atoms with Gasteiger partial charge in [0.25, 0.3) is 0 Å². The first-order valence-electron chi connectivity index (χ1n) is 5.77. The van der Waals surface area contributed by atoms with Crippen molar-refractivity contribution in [3.8, 4) is 0 Å². The van der Waals surface area contributed by atoms with Gasteiger partial charge < -0.3 is 4.74 Å². The molecule has 0 spiro atoms. The second-order valence-electron chi connectivity index (χ2n) is 4.19. The van der Waals surface area contributed by atoms with Crippen LogP contribution in [0.25, 0.3) is 0 Å². The first-order valence-corrected chi connectivity index (χ1v) is 5.77. The fraction of sp³-hybridized carbons (Fsp3) is 0.538. The summed E-state index contributed by atoms with van der Waals surface area (Å²) in [6, 6.07) is 8.89. The van der Waals surface area contributed by atoms with E-state index in [1.165, 1.54) is 11.1 Å². The minimum absolute atomic E-state index is 0.331. The molecule has 0 aliphatic rings. The Kier molecular flexibility index (Phi) is 6.08. The predicted molar refractivity (Wildman–Crippen MR) is 67.1 cm³/mol. The minimum atomic E-state index is 0.331. The van der Waals surface area contributed by atoms with Crippen molar-refractivity contribution in [3.05, 3.63) is 35.4 Å². The number of ether oxygens (including phenoxy) is 1. The molecule has 0 heterocycles. The van der Waals surface area contributed by atoms with Crippen molar-refractivity contribution in [2.24, 2.45) is 5.84 Å². The van der Waals surface area contributed by atoms with Crippen molar-refractivity contribution in [3.63, 3.8) is 0 Å². The lowest BCUT2D eigenvalue weighted by atomic mass is 10.0. The third-order valence-corrected chi connectivity index (χ3v) is 2.70. The molecular weight excluding hydrogens is 200 g/mol. The second-order valence-corrected chi connectivity index (χ2v) is 4.19. The molecule has 0 amide bonds. The lowest BCUT2D eigenvalue weighted by Crippen LogP contribution is -2.36. The molecule has 0 aliphatic heterocycles. The van der Waals surface area contributed by atoms with Crippen LogP contribution < -0.4 is 11.3 Å². The van der Waals surface area contributed by atoms with Gasteiger partial charge in [0.1, 0.15) is 0 Å². The van der Waals surface area contributed by atoms with Crippen molar-refractivity contribution in [1.82, 2.24) is 5.43 Å². The Hall–Kier alpha value is -0.900. The van der Waals surface area contributed by atoms with E-state index in [4.69, 9.17) is 10.6 Å². The fourth-order valence-corrected chi connectivity index (χ4v) is 1.84. The zero-order valence-corrected chi connectivity index (χ0v) is 10.2. The molecule has 1 unspecified atom stereocenters. The maximum atomic E-state index is 5.55. The highest BCUT2D eigenvalue weighted by molar-refractivity contribution is 5.22. The largest absolute Gasteiger partial charge is 0.385 e. The second kappa shape index (κ2) is 7.39. The van der Waals surface area contributed by atoms with Gasteiger partial charge >= 0.3 is 0 Å². The molecule has 1 aromatic carbocycles. The van der Waals surface area contributed by atoms with E-state index in [-0.39, 0.29) is 0 Å². The summed E-state index contributed by atoms with van der Waals surface area (Å²) in [5, 5.41) is 0. The Bertz CT molecular complexity index is 302. The molecule has 1 aromatic rings. The molecule has 90 valence electrons. The average molecular weight is 222 g/mol. The Morgan fingerprint density at radius 2 is 2.25 bits per heavy atom. The van der Waals surface area contributed by atoms with E-state index in [0.717, 1.165) is 25.9 Å². The van der Waals surface area contributed by atoms with Crippen molar-refractivity contribution >= 4 is 0 Å². The third-order valence-electron chi connectivity index (χ3n) is 2.70. The summed E-state index contributed by atoms with van der Waals surface area (Å²) in [4.78, 5) is 0. The molecule has 1 atom stereocenters. The number of hydrazine groups is 1. The van der Waals surface area contributed by atoms with Gasteiger partial charge in [0.2, 0.25) is 0 Å². The molecule has 0 bridgehead atoms. The first kappa shape index (κ1) is 13.2. The molecule has 3 nitrogen and oxygen atoms in total. The SMILES string of the molecule is COCCCC(Cc1cccc(C)c1)NN. The monoisotopic (exact) mass is 222 g/mol. The number of methoxy groups -OCH3 is 1. The summed E-state index contributed by atoms with van der Waals surface area (Å²) < 4.78 is 5.04. The van der Waals surface area contributed by atoms with E-state index in [1.54, 1.807) is 7.11 Å². The summed E-state index contributed by atoms with van der Waals surface area (Å²) in [5.41, 5.74) is 5.50. The van der Waals surface area contributed by atoms with Crippen LogP contribution in [0.4, 0.5) is 0 Å². The van der Waals surface area contributed by atoms with Gasteiger partial charge in [-0.2, -0.15) is 0 Å². The van der Waals surface area contributed by atoms with Crippen molar-refractivity contribution in [2.45, 2.75) is 32.2 Å². The lowest BCUT2D eigenvalue weighted by molar-refractivity contribution is 0.188. The summed E-state index contributed by atoms with van der Waals surface area (Å²) in [6.07, 6.45) is 3.05. The van der Waals surface area contributed by atoms with Crippen LogP contribution in [0.2, 0.25) is 0 Å². The normalized spacial score (nSPS) is 12.7. The number of hydrogen-bond donors (Lipinski definition) is 2. The number of hydrogen-bond acceptors (Lipinski definition) is 3. The number of aryl methyl sites for hydroxylation is 1. The Balaban J connectivity index is 2.43. The van der Waals surface area contributed by atoms with Gasteiger partial charge in [-0.15, -0.1) is 0 Å². The van der Waals surface area contributed by atoms with E-state index < -0.39 is 0 Å². The van der Waals surface area contributed by atoms with Crippen LogP contribution in [0, 0.1) is 6.92 Å². The topological polar surface area (TPSA) is 47.3 Å². The standard InChI is InChI=1S/C13H22N2O/c1-11-5-3-6-12(9-11)10-13(15-14)7-4-8-16-2/h3,5-6,9,13,15H,4,7-8,10,14H2,1-2H3. The average Bonchev–Trinajstić information content (AvgIpc) is 2.28. The van der Waals surface area contributed by atoms with Crippen LogP contribution in [0.1, 0.15) is 24.0 Å². The summed E-state index contributed by atoms with van der Waals surface area (Å²) in [7, 11) is 1.73. The van der Waals surface area contributed by atoms with Crippen LogP contribution >= 0.6 is 0 Å². The highest BCUT2D eigenvalue weighted by atomic mass is 16.5. The van der Waals surface area contributed by atoms with E-state index >= 15 is 0 Å². The number of benzene rings is 1. The van der Waals surface area contributed by atoms with Gasteiger partial charge in [-0.3, -0.25) is 11.3 Å². The smallest absolute Gasteiger partial charge is 0.0462 e. The molecule has 0 fully saturated rings. The van der Waals surface area contributed by atoms with Gasteiger partial charge in [-0.1, -0.05) is 29.8 Å². The Morgan fingerprint density at radius 3 is 2.88 bits per heavy atom. The Morgan fingerprint density at radius 1 is 1.44 bits per heavy atom. The molecule has 3 N–H and O–H groups in total. The van der Waals surface area contributed by atoms with E-state index in [2.05, 4.69) is 36.6 Å². The molecule has 0 aromatic heterocycles. The number of nitrogens with two attached hydrogens (primary N) is 1. The quantitative estimate of drug-likeness (QED) is 0.420. The zero-order chi connectivity index (χ0) is 11.8. The van der Waals surface area contributed by atoms with Crippen molar-refractivity contribution in [1.29, 1.82) is 0 Å². The van der Waals surface area contributed by atoms with Crippen LogP contribution in [0.15, 0.2) is 24.3 Å². The maximum Gasteiger partial charge on any atom is 0.0462 e. The van der Waals surface area contributed by atoms with Gasteiger partial charge in [-0.25, -0.2) is 0 Å². The first-order chi connectivity index (χ1) is 7.76. The lowest BCUT2D eigenvalue weighted by Gasteiger charge is -2.15. The molecular formula is C13H22N2O. The number of nitrogens with one attached hydrogen (secondary N) is 1. The molecule has 0 radical (unpaired) electrons. The highest BCUT2D eigenvalue weighted by Crippen LogP contribution is 2.09. The molecule has 0 saturated heterocycles. The minimum Gasteiger partial charge on any atom is -0.385 e. The Labute approximate surface area is 98.0 Å². The van der Waals surface area contributed by atoms with E-state index in [0.29, 0.717) is 6.04 Å². The van der Waals surface area contributed by atoms with E-state index in [1.807, 2.05) is 0 Å². The third kappa shape index (κ3) is 4.75. The predicted octanol–water partition coefficient (Wildman–Crippen LogP) is 1.80. The van der Waals surface area contributed by atoms with Gasteiger partial charge in [0, 0.05) is 19.8 Å². The highest BCUT2D eigenvalue weighted by Gasteiger charge is 2.07. The van der Waals surface area contributed by atoms with Gasteiger partial charge in [-0.05, 0) is 31.7 Å². The van der Waals surface area contributed by atoms with Crippen LogP contribution in [0.3, 0.4) is 0 Å². The van der Waals surface area contributed by atoms with Crippen LogP contribution in [-0.4, -0.2) is 19.8 Å². The molecule has 3 heteroatoms. The maximum absolute atomic E-state index is 5.55.